The second-order valence-electron chi connectivity index (χ2n) is 6.25. The quantitative estimate of drug-likeness (QED) is 0.659. The van der Waals surface area contributed by atoms with Gasteiger partial charge in [0.25, 0.3) is 5.78 Å². The van der Waals surface area contributed by atoms with Gasteiger partial charge in [-0.3, -0.25) is 0 Å². The molecule has 1 aliphatic rings. The smallest absolute Gasteiger partial charge is 0.254 e. The lowest BCUT2D eigenvalue weighted by molar-refractivity contribution is 0.383. The van der Waals surface area contributed by atoms with E-state index < -0.39 is 10.0 Å². The first-order chi connectivity index (χ1) is 13.0. The zero-order valence-corrected chi connectivity index (χ0v) is 15.5. The lowest BCUT2D eigenvalue weighted by Crippen LogP contribution is -2.49. The normalized spacial score (nSPS) is 15.8. The highest BCUT2D eigenvalue weighted by Gasteiger charge is 2.29. The molecular weight excluding hydrogens is 366 g/mol. The van der Waals surface area contributed by atoms with E-state index in [2.05, 4.69) is 20.0 Å². The average Bonchev–Trinajstić information content (AvgIpc) is 3.16. The molecule has 0 spiro atoms. The highest BCUT2D eigenvalue weighted by molar-refractivity contribution is 7.89. The van der Waals surface area contributed by atoms with Crippen LogP contribution in [0.15, 0.2) is 41.6 Å². The van der Waals surface area contributed by atoms with Crippen molar-refractivity contribution in [3.05, 3.63) is 47.9 Å². The summed E-state index contributed by atoms with van der Waals surface area (Å²) in [6, 6.07) is 9.91. The molecule has 0 bridgehead atoms. The molecule has 9 nitrogen and oxygen atoms in total. The van der Waals surface area contributed by atoms with Crippen molar-refractivity contribution in [2.45, 2.75) is 11.8 Å². The Labute approximate surface area is 156 Å². The van der Waals surface area contributed by atoms with Gasteiger partial charge >= 0.3 is 0 Å². The van der Waals surface area contributed by atoms with Crippen molar-refractivity contribution in [2.24, 2.45) is 0 Å². The number of fused-ring (bicyclic) bond motifs is 1. The molecule has 3 aromatic rings. The van der Waals surface area contributed by atoms with E-state index in [4.69, 9.17) is 5.26 Å². The minimum Gasteiger partial charge on any atom is -0.354 e. The lowest BCUT2D eigenvalue weighted by atomic mass is 10.2. The number of nitrogens with zero attached hydrogens (tertiary/aromatic N) is 7. The maximum absolute atomic E-state index is 12.8. The molecule has 4 rings (SSSR count). The topological polar surface area (TPSA) is 107 Å². The number of hydrogen-bond acceptors (Lipinski definition) is 7. The molecule has 0 amide bonds. The molecular formula is C17H17N7O2S. The first kappa shape index (κ1) is 17.4. The van der Waals surface area contributed by atoms with Gasteiger partial charge in [0.1, 0.15) is 12.1 Å². The maximum atomic E-state index is 12.8. The second-order valence-corrected chi connectivity index (χ2v) is 8.19. The van der Waals surface area contributed by atoms with Gasteiger partial charge in [-0.1, -0.05) is 0 Å². The van der Waals surface area contributed by atoms with Crippen LogP contribution >= 0.6 is 0 Å². The molecule has 27 heavy (non-hydrogen) atoms. The van der Waals surface area contributed by atoms with Crippen molar-refractivity contribution < 1.29 is 8.42 Å². The molecule has 1 aromatic carbocycles. The van der Waals surface area contributed by atoms with E-state index in [0.29, 0.717) is 37.5 Å². The predicted octanol–water partition coefficient (Wildman–Crippen LogP) is 0.815. The third-order valence-corrected chi connectivity index (χ3v) is 6.46. The monoisotopic (exact) mass is 383 g/mol. The van der Waals surface area contributed by atoms with Gasteiger partial charge in [0.05, 0.1) is 16.5 Å². The van der Waals surface area contributed by atoms with Crippen molar-refractivity contribution in [3.8, 4) is 6.07 Å². The van der Waals surface area contributed by atoms with Crippen LogP contribution in [0.3, 0.4) is 0 Å². The average molecular weight is 383 g/mol. The summed E-state index contributed by atoms with van der Waals surface area (Å²) < 4.78 is 28.8. The third-order valence-electron chi connectivity index (χ3n) is 4.54. The number of anilines is 1. The summed E-state index contributed by atoms with van der Waals surface area (Å²) in [5.41, 5.74) is 1.27. The van der Waals surface area contributed by atoms with Crippen LogP contribution in [0.25, 0.3) is 5.78 Å². The minimum atomic E-state index is -3.58. The Kier molecular flexibility index (Phi) is 4.25. The van der Waals surface area contributed by atoms with Crippen molar-refractivity contribution in [3.63, 3.8) is 0 Å². The maximum Gasteiger partial charge on any atom is 0.254 e. The van der Waals surface area contributed by atoms with E-state index >= 15 is 0 Å². The Bertz CT molecular complexity index is 1120. The molecule has 10 heteroatoms. The number of benzene rings is 1. The highest BCUT2D eigenvalue weighted by Crippen LogP contribution is 2.22. The fraction of sp³-hybridized carbons (Fsp3) is 0.294. The van der Waals surface area contributed by atoms with Crippen LogP contribution in [0.4, 0.5) is 5.82 Å². The van der Waals surface area contributed by atoms with Crippen molar-refractivity contribution in [1.29, 1.82) is 5.26 Å². The van der Waals surface area contributed by atoms with E-state index in [1.165, 1.54) is 34.9 Å². The Hall–Kier alpha value is -3.03. The molecule has 0 radical (unpaired) electrons. The fourth-order valence-corrected chi connectivity index (χ4v) is 4.57. The van der Waals surface area contributed by atoms with Gasteiger partial charge in [0.15, 0.2) is 0 Å². The third kappa shape index (κ3) is 3.11. The van der Waals surface area contributed by atoms with Crippen molar-refractivity contribution in [2.75, 3.05) is 31.1 Å². The van der Waals surface area contributed by atoms with Crippen LogP contribution in [-0.4, -0.2) is 58.5 Å². The van der Waals surface area contributed by atoms with E-state index in [-0.39, 0.29) is 4.90 Å². The van der Waals surface area contributed by atoms with Crippen LogP contribution in [0.2, 0.25) is 0 Å². The molecule has 1 fully saturated rings. The number of hydrogen-bond donors (Lipinski definition) is 0. The van der Waals surface area contributed by atoms with Crippen LogP contribution in [0.1, 0.15) is 11.3 Å². The zero-order valence-electron chi connectivity index (χ0n) is 14.6. The molecule has 1 saturated heterocycles. The molecule has 1 aliphatic heterocycles. The molecule has 0 aliphatic carbocycles. The van der Waals surface area contributed by atoms with E-state index in [9.17, 15) is 8.42 Å². The number of aryl methyl sites for hydroxylation is 1. The Balaban J connectivity index is 1.54. The standard InChI is InChI=1S/C17H17N7O2S/c1-13-10-16(24-17(21-13)19-12-20-24)22-6-8-23(9-7-22)27(25,26)15-4-2-14(11-18)3-5-15/h2-5,10,12H,6-9H2,1H3. The fourth-order valence-electron chi connectivity index (χ4n) is 3.14. The van der Waals surface area contributed by atoms with Crippen LogP contribution in [-0.2, 0) is 10.0 Å². The first-order valence-corrected chi connectivity index (χ1v) is 9.86. The van der Waals surface area contributed by atoms with Gasteiger partial charge in [-0.05, 0) is 31.2 Å². The van der Waals surface area contributed by atoms with Gasteiger partial charge in [-0.2, -0.15) is 24.2 Å². The molecule has 2 aromatic heterocycles. The minimum absolute atomic E-state index is 0.202. The summed E-state index contributed by atoms with van der Waals surface area (Å²) in [6.45, 7) is 3.69. The van der Waals surface area contributed by atoms with Crippen molar-refractivity contribution in [1.82, 2.24) is 23.9 Å². The van der Waals surface area contributed by atoms with Gasteiger partial charge in [0, 0.05) is 37.9 Å². The summed E-state index contributed by atoms with van der Waals surface area (Å²) in [5, 5.41) is 13.1. The number of rotatable bonds is 3. The Morgan fingerprint density at radius 1 is 1.11 bits per heavy atom. The zero-order chi connectivity index (χ0) is 19.0. The van der Waals surface area contributed by atoms with Gasteiger partial charge < -0.3 is 4.90 Å². The molecule has 0 N–H and O–H groups in total. The van der Waals surface area contributed by atoms with Gasteiger partial charge in [0.2, 0.25) is 10.0 Å². The number of sulfonamides is 1. The largest absolute Gasteiger partial charge is 0.354 e. The van der Waals surface area contributed by atoms with E-state index in [0.717, 1.165) is 11.5 Å². The second kappa shape index (κ2) is 6.61. The summed E-state index contributed by atoms with van der Waals surface area (Å²) in [5.74, 6) is 1.38. The highest BCUT2D eigenvalue weighted by atomic mass is 32.2. The number of piperazine rings is 1. The SMILES string of the molecule is Cc1cc(N2CCN(S(=O)(=O)c3ccc(C#N)cc3)CC2)n2ncnc2n1. The summed E-state index contributed by atoms with van der Waals surface area (Å²) >= 11 is 0. The summed E-state index contributed by atoms with van der Waals surface area (Å²) in [7, 11) is -3.58. The Morgan fingerprint density at radius 2 is 1.81 bits per heavy atom. The lowest BCUT2D eigenvalue weighted by Gasteiger charge is -2.35. The molecule has 0 unspecified atom stereocenters. The van der Waals surface area contributed by atoms with Gasteiger partial charge in [-0.25, -0.2) is 13.4 Å². The summed E-state index contributed by atoms with van der Waals surface area (Å²) in [6.07, 6.45) is 1.46. The number of nitriles is 1. The number of aromatic nitrogens is 4. The Morgan fingerprint density at radius 3 is 2.48 bits per heavy atom. The van der Waals surface area contributed by atoms with Crippen LogP contribution in [0.5, 0.6) is 0 Å². The van der Waals surface area contributed by atoms with Crippen LogP contribution < -0.4 is 4.90 Å². The van der Waals surface area contributed by atoms with Crippen molar-refractivity contribution >= 4 is 21.6 Å². The van der Waals surface area contributed by atoms with Gasteiger partial charge in [-0.15, -0.1) is 0 Å². The van der Waals surface area contributed by atoms with E-state index in [1.54, 1.807) is 4.52 Å². The predicted molar refractivity (Wildman–Crippen MR) is 97.6 cm³/mol. The van der Waals surface area contributed by atoms with E-state index in [1.807, 2.05) is 19.1 Å². The first-order valence-electron chi connectivity index (χ1n) is 8.42. The molecule has 3 heterocycles. The molecule has 0 atom stereocenters. The molecule has 0 saturated carbocycles. The van der Waals surface area contributed by atoms with Crippen LogP contribution in [0, 0.1) is 18.3 Å². The summed E-state index contributed by atoms with van der Waals surface area (Å²) in [4.78, 5) is 10.7. The molecule has 138 valence electrons.